The van der Waals surface area contributed by atoms with Crippen LogP contribution in [-0.4, -0.2) is 28.0 Å². The van der Waals surface area contributed by atoms with E-state index in [9.17, 15) is 8.42 Å². The molecule has 3 rings (SSSR count). The second kappa shape index (κ2) is 5.38. The number of nitrogens with zero attached hydrogens (tertiary/aromatic N) is 4. The first-order valence-electron chi connectivity index (χ1n) is 6.03. The maximum atomic E-state index is 12.4. The highest BCUT2D eigenvalue weighted by Crippen LogP contribution is 2.31. The molecule has 0 fully saturated rings. The van der Waals surface area contributed by atoms with Crippen molar-refractivity contribution in [3.63, 3.8) is 0 Å². The molecule has 2 aromatic heterocycles. The number of sulfonamides is 1. The van der Waals surface area contributed by atoms with E-state index >= 15 is 0 Å². The van der Waals surface area contributed by atoms with Crippen molar-refractivity contribution in [2.24, 2.45) is 0 Å². The highest BCUT2D eigenvalue weighted by molar-refractivity contribution is 7.92. The summed E-state index contributed by atoms with van der Waals surface area (Å²) in [4.78, 5) is 7.99. The van der Waals surface area contributed by atoms with E-state index < -0.39 is 15.2 Å². The molecule has 22 heavy (non-hydrogen) atoms. The van der Waals surface area contributed by atoms with Gasteiger partial charge in [-0.25, -0.2) is 9.50 Å². The van der Waals surface area contributed by atoms with Gasteiger partial charge < -0.3 is 0 Å². The number of aromatic nitrogens is 4. The summed E-state index contributed by atoms with van der Waals surface area (Å²) in [5.41, 5.74) is 1.16. The Morgan fingerprint density at radius 3 is 2.59 bits per heavy atom. The molecule has 0 radical (unpaired) electrons. The van der Waals surface area contributed by atoms with E-state index in [1.807, 2.05) is 0 Å². The van der Waals surface area contributed by atoms with Gasteiger partial charge in [-0.2, -0.15) is 13.4 Å². The van der Waals surface area contributed by atoms with Gasteiger partial charge in [0.05, 0.1) is 15.7 Å². The Kier molecular flexibility index (Phi) is 3.67. The number of para-hydroxylation sites is 1. The Morgan fingerprint density at radius 1 is 1.23 bits per heavy atom. The molecule has 3 aromatic rings. The van der Waals surface area contributed by atoms with E-state index in [0.717, 1.165) is 0 Å². The summed E-state index contributed by atoms with van der Waals surface area (Å²) in [6.07, 6.45) is 1.39. The molecular weight excluding hydrogens is 349 g/mol. The minimum Gasteiger partial charge on any atom is -0.274 e. The average molecular weight is 358 g/mol. The summed E-state index contributed by atoms with van der Waals surface area (Å²) in [6.45, 7) is 1.77. The Hall–Kier alpha value is -1.90. The van der Waals surface area contributed by atoms with Crippen molar-refractivity contribution in [2.45, 2.75) is 12.1 Å². The molecule has 0 amide bonds. The second-order valence-electron chi connectivity index (χ2n) is 4.43. The van der Waals surface area contributed by atoms with Gasteiger partial charge in [0, 0.05) is 11.8 Å². The number of anilines is 1. The number of halogens is 2. The van der Waals surface area contributed by atoms with E-state index in [1.54, 1.807) is 19.1 Å². The van der Waals surface area contributed by atoms with Gasteiger partial charge >= 0.3 is 0 Å². The van der Waals surface area contributed by atoms with Crippen molar-refractivity contribution in [1.29, 1.82) is 0 Å². The smallest absolute Gasteiger partial charge is 0.274 e. The fraction of sp³-hybridized carbons (Fsp3) is 0.0833. The minimum absolute atomic E-state index is 0.0824. The van der Waals surface area contributed by atoms with Crippen LogP contribution in [-0.2, 0) is 10.0 Å². The van der Waals surface area contributed by atoms with Crippen molar-refractivity contribution in [2.75, 3.05) is 4.72 Å². The zero-order valence-electron chi connectivity index (χ0n) is 11.2. The van der Waals surface area contributed by atoms with Gasteiger partial charge in [0.25, 0.3) is 15.2 Å². The number of hydrogen-bond donors (Lipinski definition) is 1. The molecule has 2 heterocycles. The van der Waals surface area contributed by atoms with Crippen LogP contribution >= 0.6 is 23.2 Å². The normalized spacial score (nSPS) is 11.8. The standard InChI is InChI=1S/C12H9Cl2N5O2S/c1-7-5-10-16-12(17-19(10)6-15-7)22(20,21)18-11-8(13)3-2-4-9(11)14/h2-6,18H,1H3. The molecular formula is C12H9Cl2N5O2S. The predicted molar refractivity (Wildman–Crippen MR) is 82.8 cm³/mol. The van der Waals surface area contributed by atoms with Gasteiger partial charge in [0.15, 0.2) is 5.65 Å². The number of fused-ring (bicyclic) bond motifs is 1. The van der Waals surface area contributed by atoms with E-state index in [1.165, 1.54) is 23.0 Å². The number of rotatable bonds is 3. The zero-order valence-corrected chi connectivity index (χ0v) is 13.5. The van der Waals surface area contributed by atoms with Crippen molar-refractivity contribution < 1.29 is 8.42 Å². The summed E-state index contributed by atoms with van der Waals surface area (Å²) in [5, 5.41) is 3.85. The van der Waals surface area contributed by atoms with Crippen LogP contribution in [0.25, 0.3) is 5.65 Å². The minimum atomic E-state index is -4.02. The second-order valence-corrected chi connectivity index (χ2v) is 6.82. The molecule has 0 saturated carbocycles. The first-order valence-corrected chi connectivity index (χ1v) is 8.26. The molecule has 0 aliphatic rings. The van der Waals surface area contributed by atoms with Gasteiger partial charge in [-0.3, -0.25) is 4.72 Å². The summed E-state index contributed by atoms with van der Waals surface area (Å²) >= 11 is 11.9. The Labute approximate surface area is 136 Å². The molecule has 1 aromatic carbocycles. The maximum Gasteiger partial charge on any atom is 0.299 e. The Bertz CT molecular complexity index is 951. The van der Waals surface area contributed by atoms with Crippen LogP contribution in [0.2, 0.25) is 10.0 Å². The Morgan fingerprint density at radius 2 is 1.91 bits per heavy atom. The van der Waals surface area contributed by atoms with Crippen LogP contribution in [0.4, 0.5) is 5.69 Å². The first kappa shape index (κ1) is 15.0. The largest absolute Gasteiger partial charge is 0.299 e. The van der Waals surface area contributed by atoms with Crippen molar-refractivity contribution in [3.05, 3.63) is 46.3 Å². The summed E-state index contributed by atoms with van der Waals surface area (Å²) < 4.78 is 28.3. The SMILES string of the molecule is Cc1cc2nc(S(=O)(=O)Nc3c(Cl)cccc3Cl)nn2cn1. The molecule has 10 heteroatoms. The molecule has 114 valence electrons. The van der Waals surface area contributed by atoms with Crippen LogP contribution in [0.5, 0.6) is 0 Å². The summed E-state index contributed by atoms with van der Waals surface area (Å²) in [6, 6.07) is 6.28. The zero-order chi connectivity index (χ0) is 15.9. The predicted octanol–water partition coefficient (Wildman–Crippen LogP) is 2.54. The number of aryl methyl sites for hydroxylation is 1. The maximum absolute atomic E-state index is 12.4. The molecule has 0 atom stereocenters. The van der Waals surface area contributed by atoms with Crippen LogP contribution in [0.15, 0.2) is 35.7 Å². The van der Waals surface area contributed by atoms with Crippen molar-refractivity contribution >= 4 is 44.6 Å². The molecule has 0 aliphatic carbocycles. The lowest BCUT2D eigenvalue weighted by molar-refractivity contribution is 0.592. The lowest BCUT2D eigenvalue weighted by atomic mass is 10.3. The Balaban J connectivity index is 2.05. The molecule has 0 unspecified atom stereocenters. The van der Waals surface area contributed by atoms with Gasteiger partial charge in [0.2, 0.25) is 0 Å². The van der Waals surface area contributed by atoms with E-state index in [2.05, 4.69) is 19.8 Å². The molecule has 0 spiro atoms. The lowest BCUT2D eigenvalue weighted by Crippen LogP contribution is -2.15. The van der Waals surface area contributed by atoms with Crippen molar-refractivity contribution in [3.8, 4) is 0 Å². The molecule has 0 saturated heterocycles. The van der Waals surface area contributed by atoms with Crippen LogP contribution in [0.1, 0.15) is 5.69 Å². The fourth-order valence-electron chi connectivity index (χ4n) is 1.76. The number of nitrogens with one attached hydrogen (secondary N) is 1. The molecule has 7 nitrogen and oxygen atoms in total. The van der Waals surface area contributed by atoms with E-state index in [-0.39, 0.29) is 15.7 Å². The highest BCUT2D eigenvalue weighted by Gasteiger charge is 2.23. The molecule has 0 aliphatic heterocycles. The molecule has 0 bridgehead atoms. The average Bonchev–Trinajstić information content (AvgIpc) is 2.87. The lowest BCUT2D eigenvalue weighted by Gasteiger charge is -2.08. The highest BCUT2D eigenvalue weighted by atomic mass is 35.5. The van der Waals surface area contributed by atoms with E-state index in [0.29, 0.717) is 11.3 Å². The van der Waals surface area contributed by atoms with Crippen LogP contribution in [0.3, 0.4) is 0 Å². The van der Waals surface area contributed by atoms with Gasteiger partial charge in [-0.15, -0.1) is 5.10 Å². The number of hydrogen-bond acceptors (Lipinski definition) is 5. The third kappa shape index (κ3) is 2.72. The monoisotopic (exact) mass is 357 g/mol. The molecule has 1 N–H and O–H groups in total. The van der Waals surface area contributed by atoms with Crippen LogP contribution in [0, 0.1) is 6.92 Å². The topological polar surface area (TPSA) is 89.2 Å². The quantitative estimate of drug-likeness (QED) is 0.777. The summed E-state index contributed by atoms with van der Waals surface area (Å²) in [7, 11) is -4.02. The van der Waals surface area contributed by atoms with Crippen LogP contribution < -0.4 is 4.72 Å². The summed E-state index contributed by atoms with van der Waals surface area (Å²) in [5.74, 6) is 0. The van der Waals surface area contributed by atoms with Gasteiger partial charge in [0.1, 0.15) is 6.33 Å². The van der Waals surface area contributed by atoms with Gasteiger partial charge in [-0.1, -0.05) is 29.3 Å². The van der Waals surface area contributed by atoms with Crippen molar-refractivity contribution in [1.82, 2.24) is 19.6 Å². The third-order valence-electron chi connectivity index (χ3n) is 2.79. The van der Waals surface area contributed by atoms with Gasteiger partial charge in [-0.05, 0) is 19.1 Å². The first-order chi connectivity index (χ1) is 10.4. The third-order valence-corrected chi connectivity index (χ3v) is 4.54. The number of benzene rings is 1. The fourth-order valence-corrected chi connectivity index (χ4v) is 3.35. The van der Waals surface area contributed by atoms with E-state index in [4.69, 9.17) is 23.2 Å².